The number of carboxylic acids is 1. The number of benzene rings is 2. The Labute approximate surface area is 213 Å². The molecule has 1 aliphatic heterocycles. The number of aromatic hydroxyl groups is 1. The topological polar surface area (TPSA) is 183 Å². The number of hydrogen-bond acceptors (Lipinski definition) is 10. The van der Waals surface area contributed by atoms with E-state index in [1.54, 1.807) is 6.07 Å². The van der Waals surface area contributed by atoms with E-state index in [1.807, 2.05) is 24.3 Å². The number of aliphatic hydroxyl groups excluding tert-OH is 1. The fraction of sp³-hybridized carbons (Fsp3) is 0.391. The van der Waals surface area contributed by atoms with E-state index in [9.17, 15) is 23.4 Å². The van der Waals surface area contributed by atoms with Gasteiger partial charge in [-0.2, -0.15) is 4.80 Å². The SMILES string of the molecule is CS(=O)(=O)Nc1cc([C@@H](O)CNC2CCN(c3ccc(-c4nnn(CC(=O)O)n4)cc3)CC2)ccc1O. The number of phenolic OH excluding ortho intramolecular Hbond substituents is 1. The van der Waals surface area contributed by atoms with Crippen molar-refractivity contribution in [2.75, 3.05) is 35.5 Å². The molecule has 0 aliphatic carbocycles. The zero-order valence-corrected chi connectivity index (χ0v) is 21.0. The second-order valence-corrected chi connectivity index (χ2v) is 10.7. The van der Waals surface area contributed by atoms with Gasteiger partial charge in [0.25, 0.3) is 0 Å². The minimum absolute atomic E-state index is 0.0269. The second-order valence-electron chi connectivity index (χ2n) is 8.92. The number of nitrogens with zero attached hydrogens (tertiary/aromatic N) is 5. The van der Waals surface area contributed by atoms with E-state index in [-0.39, 0.29) is 30.6 Å². The lowest BCUT2D eigenvalue weighted by Crippen LogP contribution is -2.43. The number of carbonyl (C=O) groups is 1. The normalized spacial score (nSPS) is 15.5. The van der Waals surface area contributed by atoms with Gasteiger partial charge in [0.15, 0.2) is 6.54 Å². The van der Waals surface area contributed by atoms with Crippen molar-refractivity contribution in [1.82, 2.24) is 25.5 Å². The molecule has 0 bridgehead atoms. The lowest BCUT2D eigenvalue weighted by atomic mass is 10.0. The van der Waals surface area contributed by atoms with Crippen LogP contribution in [0.2, 0.25) is 0 Å². The highest BCUT2D eigenvalue weighted by Gasteiger charge is 2.21. The van der Waals surface area contributed by atoms with Crippen LogP contribution >= 0.6 is 0 Å². The third kappa shape index (κ3) is 7.15. The molecule has 13 nitrogen and oxygen atoms in total. The number of piperidine rings is 1. The average molecular weight is 532 g/mol. The maximum atomic E-state index is 11.5. The Balaban J connectivity index is 1.27. The molecule has 1 aliphatic rings. The first-order valence-electron chi connectivity index (χ1n) is 11.6. The third-order valence-corrected chi connectivity index (χ3v) is 6.61. The number of rotatable bonds is 10. The summed E-state index contributed by atoms with van der Waals surface area (Å²) in [6, 6.07) is 12.2. The lowest BCUT2D eigenvalue weighted by molar-refractivity contribution is -0.138. The van der Waals surface area contributed by atoms with E-state index in [4.69, 9.17) is 5.11 Å². The fourth-order valence-corrected chi connectivity index (χ4v) is 4.71. The average Bonchev–Trinajstić information content (AvgIpc) is 3.31. The minimum atomic E-state index is -3.56. The predicted octanol–water partition coefficient (Wildman–Crippen LogP) is 0.794. The quantitative estimate of drug-likeness (QED) is 0.233. The Morgan fingerprint density at radius 2 is 1.86 bits per heavy atom. The van der Waals surface area contributed by atoms with Gasteiger partial charge in [-0.1, -0.05) is 6.07 Å². The summed E-state index contributed by atoms with van der Waals surface area (Å²) in [5.41, 5.74) is 2.32. The van der Waals surface area contributed by atoms with Crippen molar-refractivity contribution in [3.63, 3.8) is 0 Å². The van der Waals surface area contributed by atoms with E-state index < -0.39 is 22.1 Å². The number of hydrogen-bond donors (Lipinski definition) is 5. The van der Waals surface area contributed by atoms with Crippen molar-refractivity contribution < 1.29 is 28.5 Å². The Hall–Kier alpha value is -3.75. The molecule has 3 aromatic rings. The number of sulfonamides is 1. The summed E-state index contributed by atoms with van der Waals surface area (Å²) in [5.74, 6) is -0.888. The molecule has 0 saturated carbocycles. The molecule has 0 spiro atoms. The van der Waals surface area contributed by atoms with E-state index >= 15 is 0 Å². The molecule has 37 heavy (non-hydrogen) atoms. The molecular weight excluding hydrogens is 502 g/mol. The van der Waals surface area contributed by atoms with E-state index in [2.05, 4.69) is 30.3 Å². The molecule has 4 rings (SSSR count). The van der Waals surface area contributed by atoms with Crippen LogP contribution in [0.3, 0.4) is 0 Å². The molecule has 1 aromatic heterocycles. The van der Waals surface area contributed by atoms with E-state index in [1.165, 1.54) is 12.1 Å². The van der Waals surface area contributed by atoms with Crippen molar-refractivity contribution in [2.24, 2.45) is 0 Å². The third-order valence-electron chi connectivity index (χ3n) is 6.02. The second kappa shape index (κ2) is 11.1. The van der Waals surface area contributed by atoms with Crippen LogP contribution in [0, 0.1) is 0 Å². The highest BCUT2D eigenvalue weighted by atomic mass is 32.2. The summed E-state index contributed by atoms with van der Waals surface area (Å²) in [6.07, 6.45) is 1.87. The first-order valence-corrected chi connectivity index (χ1v) is 13.5. The van der Waals surface area contributed by atoms with Gasteiger partial charge in [0.2, 0.25) is 15.8 Å². The zero-order valence-electron chi connectivity index (χ0n) is 20.1. The molecule has 2 aromatic carbocycles. The number of aromatic nitrogens is 4. The van der Waals surface area contributed by atoms with Gasteiger partial charge >= 0.3 is 5.97 Å². The number of aliphatic carboxylic acids is 1. The molecule has 0 radical (unpaired) electrons. The van der Waals surface area contributed by atoms with Gasteiger partial charge in [-0.25, -0.2) is 8.42 Å². The Kier molecular flexibility index (Phi) is 7.90. The summed E-state index contributed by atoms with van der Waals surface area (Å²) in [6.45, 7) is 1.59. The fourth-order valence-electron chi connectivity index (χ4n) is 4.15. The van der Waals surface area contributed by atoms with Crippen LogP contribution in [0.25, 0.3) is 11.4 Å². The number of carboxylic acid groups (broad SMARTS) is 1. The minimum Gasteiger partial charge on any atom is -0.506 e. The van der Waals surface area contributed by atoms with Gasteiger partial charge in [0.1, 0.15) is 5.75 Å². The molecule has 5 N–H and O–H groups in total. The van der Waals surface area contributed by atoms with Crippen molar-refractivity contribution in [3.8, 4) is 17.1 Å². The number of aliphatic hydroxyl groups is 1. The maximum Gasteiger partial charge on any atom is 0.327 e. The van der Waals surface area contributed by atoms with Crippen LogP contribution < -0.4 is 14.9 Å². The van der Waals surface area contributed by atoms with Crippen LogP contribution in [0.5, 0.6) is 5.75 Å². The first-order chi connectivity index (χ1) is 17.6. The lowest BCUT2D eigenvalue weighted by Gasteiger charge is -2.34. The number of nitrogens with one attached hydrogen (secondary N) is 2. The van der Waals surface area contributed by atoms with Crippen molar-refractivity contribution >= 4 is 27.4 Å². The molecule has 14 heteroatoms. The van der Waals surface area contributed by atoms with Crippen LogP contribution in [-0.4, -0.2) is 81.8 Å². The molecule has 1 fully saturated rings. The Morgan fingerprint density at radius 1 is 1.16 bits per heavy atom. The largest absolute Gasteiger partial charge is 0.506 e. The predicted molar refractivity (Wildman–Crippen MR) is 136 cm³/mol. The van der Waals surface area contributed by atoms with Gasteiger partial charge in [0.05, 0.1) is 18.0 Å². The van der Waals surface area contributed by atoms with Crippen molar-refractivity contribution in [3.05, 3.63) is 48.0 Å². The van der Waals surface area contributed by atoms with Crippen LogP contribution in [0.4, 0.5) is 11.4 Å². The molecule has 198 valence electrons. The molecule has 1 saturated heterocycles. The summed E-state index contributed by atoms with van der Waals surface area (Å²) < 4.78 is 25.2. The summed E-state index contributed by atoms with van der Waals surface area (Å²) >= 11 is 0. The van der Waals surface area contributed by atoms with Crippen LogP contribution in [0.1, 0.15) is 24.5 Å². The maximum absolute atomic E-state index is 11.5. The molecule has 1 atom stereocenters. The smallest absolute Gasteiger partial charge is 0.327 e. The first kappa shape index (κ1) is 26.3. The number of anilines is 2. The van der Waals surface area contributed by atoms with Crippen LogP contribution in [0.15, 0.2) is 42.5 Å². The van der Waals surface area contributed by atoms with Gasteiger partial charge < -0.3 is 25.5 Å². The zero-order chi connectivity index (χ0) is 26.6. The summed E-state index contributed by atoms with van der Waals surface area (Å²) in [4.78, 5) is 14.1. The number of phenols is 1. The Morgan fingerprint density at radius 3 is 2.51 bits per heavy atom. The highest BCUT2D eigenvalue weighted by molar-refractivity contribution is 7.92. The van der Waals surface area contributed by atoms with Crippen molar-refractivity contribution in [1.29, 1.82) is 0 Å². The van der Waals surface area contributed by atoms with Gasteiger partial charge in [-0.05, 0) is 60.0 Å². The molecule has 2 heterocycles. The van der Waals surface area contributed by atoms with Gasteiger partial charge in [-0.15, -0.1) is 10.2 Å². The van der Waals surface area contributed by atoms with E-state index in [0.717, 1.165) is 48.2 Å². The molecular formula is C23H29N7O6S. The Bertz CT molecular complexity index is 1340. The van der Waals surface area contributed by atoms with E-state index in [0.29, 0.717) is 11.4 Å². The standard InChI is InChI=1S/C23H29N7O6S/c1-37(35,36)27-19-12-16(4-7-20(19)31)21(32)13-24-17-8-10-29(11-9-17)18-5-2-15(3-6-18)23-25-28-30(26-23)14-22(33)34/h2-7,12,17,21,24,27,31-32H,8-11,13-14H2,1H3,(H,33,34)/t21-/m0/s1. The number of tetrazole rings is 1. The molecule has 0 unspecified atom stereocenters. The monoisotopic (exact) mass is 531 g/mol. The van der Waals surface area contributed by atoms with Gasteiger partial charge in [-0.3, -0.25) is 9.52 Å². The molecule has 0 amide bonds. The van der Waals surface area contributed by atoms with Gasteiger partial charge in [0, 0.05) is 36.9 Å². The summed E-state index contributed by atoms with van der Waals surface area (Å²) in [7, 11) is -3.56. The van der Waals surface area contributed by atoms with Crippen LogP contribution in [-0.2, 0) is 21.4 Å². The highest BCUT2D eigenvalue weighted by Crippen LogP contribution is 2.28. The van der Waals surface area contributed by atoms with Crippen molar-refractivity contribution in [2.45, 2.75) is 31.5 Å². The summed E-state index contributed by atoms with van der Waals surface area (Å²) in [5, 5.41) is 44.4.